The highest BCUT2D eigenvalue weighted by atomic mass is 35.5. The molecule has 2 N–H and O–H groups in total. The fourth-order valence-corrected chi connectivity index (χ4v) is 3.03. The summed E-state index contributed by atoms with van der Waals surface area (Å²) >= 11 is 0. The van der Waals surface area contributed by atoms with E-state index in [1.807, 2.05) is 0 Å². The maximum atomic E-state index is 12.4. The first-order chi connectivity index (χ1) is 11.1. The summed E-state index contributed by atoms with van der Waals surface area (Å²) in [6.07, 6.45) is 0. The molecule has 0 amide bonds. The molecule has 0 aromatic heterocycles. The van der Waals surface area contributed by atoms with Gasteiger partial charge in [-0.1, -0.05) is 0 Å². The number of hydrogen-bond acceptors (Lipinski definition) is 7. The summed E-state index contributed by atoms with van der Waals surface area (Å²) in [4.78, 5) is 22.1. The molecule has 0 aliphatic heterocycles. The summed E-state index contributed by atoms with van der Waals surface area (Å²) in [7, 11) is -2.34. The molecule has 0 radical (unpaired) electrons. The molecule has 0 aliphatic carbocycles. The van der Waals surface area contributed by atoms with Crippen molar-refractivity contribution in [1.29, 1.82) is 0 Å². The molecule has 0 aliphatic rings. The number of likely N-dealkylation sites (N-methyl/N-ethyl adjacent to an activating group) is 1. The monoisotopic (exact) mass is 395 g/mol. The number of carbonyl (C=O) groups excluding carboxylic acids is 1. The maximum Gasteiger partial charge on any atom is 0.338 e. The average Bonchev–Trinajstić information content (AvgIpc) is 2.52. The highest BCUT2D eigenvalue weighted by molar-refractivity contribution is 7.89. The van der Waals surface area contributed by atoms with Gasteiger partial charge < -0.3 is 10.1 Å². The molecule has 1 aromatic carbocycles. The van der Waals surface area contributed by atoms with Crippen LogP contribution in [0.15, 0.2) is 17.0 Å². The van der Waals surface area contributed by atoms with Gasteiger partial charge in [0.25, 0.3) is 5.69 Å². The topological polar surface area (TPSA) is 128 Å². The number of rotatable bonds is 8. The number of benzene rings is 1. The van der Waals surface area contributed by atoms with Crippen LogP contribution in [0, 0.1) is 17.0 Å². The van der Waals surface area contributed by atoms with E-state index in [2.05, 4.69) is 10.0 Å². The predicted octanol–water partition coefficient (Wildman–Crippen LogP) is 1.39. The average molecular weight is 396 g/mol. The molecule has 1 rings (SSSR count). The van der Waals surface area contributed by atoms with Gasteiger partial charge >= 0.3 is 5.97 Å². The van der Waals surface area contributed by atoms with Gasteiger partial charge in [-0.2, -0.15) is 0 Å². The van der Waals surface area contributed by atoms with Crippen molar-refractivity contribution in [2.45, 2.75) is 31.7 Å². The second kappa shape index (κ2) is 9.66. The van der Waals surface area contributed by atoms with Crippen molar-refractivity contribution < 1.29 is 22.9 Å². The Balaban J connectivity index is 0.00000576. The number of nitro groups is 1. The van der Waals surface area contributed by atoms with Gasteiger partial charge in [-0.3, -0.25) is 10.1 Å². The second-order valence-corrected chi connectivity index (χ2v) is 6.90. The Morgan fingerprint density at radius 2 is 2.00 bits per heavy atom. The Morgan fingerprint density at radius 1 is 1.40 bits per heavy atom. The highest BCUT2D eigenvalue weighted by Gasteiger charge is 2.26. The van der Waals surface area contributed by atoms with Gasteiger partial charge in [-0.15, -0.1) is 12.4 Å². The molecular weight excluding hydrogens is 374 g/mol. The van der Waals surface area contributed by atoms with E-state index in [1.54, 1.807) is 20.9 Å². The van der Waals surface area contributed by atoms with E-state index in [4.69, 9.17) is 4.74 Å². The first-order valence-corrected chi connectivity index (χ1v) is 8.75. The Morgan fingerprint density at radius 3 is 2.48 bits per heavy atom. The molecule has 0 heterocycles. The molecule has 0 saturated carbocycles. The van der Waals surface area contributed by atoms with E-state index in [-0.39, 0.29) is 47.6 Å². The summed E-state index contributed by atoms with van der Waals surface area (Å²) in [6.45, 7) is 4.89. The molecule has 25 heavy (non-hydrogen) atoms. The quantitative estimate of drug-likeness (QED) is 0.386. The van der Waals surface area contributed by atoms with E-state index in [0.29, 0.717) is 0 Å². The summed E-state index contributed by atoms with van der Waals surface area (Å²) in [5, 5.41) is 14.0. The number of nitro benzene ring substituents is 1. The minimum Gasteiger partial charge on any atom is -0.462 e. The van der Waals surface area contributed by atoms with Crippen LogP contribution in [0.1, 0.15) is 29.8 Å². The minimum atomic E-state index is -4.01. The number of sulfonamides is 1. The summed E-state index contributed by atoms with van der Waals surface area (Å²) in [6, 6.07) is 1.89. The molecule has 0 spiro atoms. The van der Waals surface area contributed by atoms with Crippen molar-refractivity contribution in [2.24, 2.45) is 0 Å². The van der Waals surface area contributed by atoms with Crippen LogP contribution in [-0.4, -0.2) is 45.6 Å². The first kappa shape index (κ1) is 23.2. The number of hydrogen-bond donors (Lipinski definition) is 2. The second-order valence-electron chi connectivity index (χ2n) is 5.13. The Labute approximate surface area is 152 Å². The molecular formula is C14H22ClN3O6S. The van der Waals surface area contributed by atoms with Crippen molar-refractivity contribution in [2.75, 3.05) is 20.2 Å². The number of ether oxygens (including phenoxy) is 1. The van der Waals surface area contributed by atoms with Gasteiger partial charge in [0.05, 0.1) is 22.0 Å². The lowest BCUT2D eigenvalue weighted by Crippen LogP contribution is -2.37. The Bertz CT molecular complexity index is 738. The van der Waals surface area contributed by atoms with E-state index in [9.17, 15) is 23.3 Å². The molecule has 9 nitrogen and oxygen atoms in total. The SMILES string of the molecule is CCOC(=O)c1cc(S(=O)(=O)NCC(C)NC)cc([N+](=O)[O-])c1C.Cl. The number of carbonyl (C=O) groups is 1. The molecule has 0 saturated heterocycles. The van der Waals surface area contributed by atoms with Crippen molar-refractivity contribution in [3.63, 3.8) is 0 Å². The summed E-state index contributed by atoms with van der Waals surface area (Å²) in [5.74, 6) is -0.807. The lowest BCUT2D eigenvalue weighted by Gasteiger charge is -2.13. The van der Waals surface area contributed by atoms with Gasteiger partial charge in [0.2, 0.25) is 10.0 Å². The number of halogens is 1. The number of nitrogens with one attached hydrogen (secondary N) is 2. The van der Waals surface area contributed by atoms with Crippen LogP contribution in [0.2, 0.25) is 0 Å². The molecule has 0 bridgehead atoms. The van der Waals surface area contributed by atoms with E-state index < -0.39 is 26.6 Å². The predicted molar refractivity (Wildman–Crippen MR) is 94.7 cm³/mol. The zero-order chi connectivity index (χ0) is 18.5. The fourth-order valence-electron chi connectivity index (χ4n) is 1.86. The van der Waals surface area contributed by atoms with Crippen LogP contribution in [0.5, 0.6) is 0 Å². The van der Waals surface area contributed by atoms with Crippen molar-refractivity contribution in [1.82, 2.24) is 10.0 Å². The van der Waals surface area contributed by atoms with Crippen LogP contribution in [0.25, 0.3) is 0 Å². The lowest BCUT2D eigenvalue weighted by molar-refractivity contribution is -0.385. The Hall–Kier alpha value is -1.75. The standard InChI is InChI=1S/C14H21N3O6S.ClH/c1-5-23-14(18)12-6-11(7-13(10(12)3)17(19)20)24(21,22)16-8-9(2)15-4;/h6-7,9,15-16H,5,8H2,1-4H3;1H. The highest BCUT2D eigenvalue weighted by Crippen LogP contribution is 2.27. The third kappa shape index (κ3) is 5.92. The van der Waals surface area contributed by atoms with Crippen LogP contribution >= 0.6 is 12.4 Å². The van der Waals surface area contributed by atoms with E-state index in [0.717, 1.165) is 12.1 Å². The molecule has 142 valence electrons. The van der Waals surface area contributed by atoms with Crippen LogP contribution in [0.4, 0.5) is 5.69 Å². The Kier molecular flexibility index (Phi) is 8.98. The zero-order valence-corrected chi connectivity index (χ0v) is 16.0. The van der Waals surface area contributed by atoms with Crippen LogP contribution in [-0.2, 0) is 14.8 Å². The maximum absolute atomic E-state index is 12.4. The third-order valence-electron chi connectivity index (χ3n) is 3.43. The lowest BCUT2D eigenvalue weighted by atomic mass is 10.1. The van der Waals surface area contributed by atoms with Crippen molar-refractivity contribution in [3.05, 3.63) is 33.4 Å². The van der Waals surface area contributed by atoms with E-state index in [1.165, 1.54) is 6.92 Å². The normalized spacial score (nSPS) is 12.2. The van der Waals surface area contributed by atoms with Gasteiger partial charge in [0.1, 0.15) is 0 Å². The number of nitrogens with zero attached hydrogens (tertiary/aromatic N) is 1. The molecule has 11 heteroatoms. The first-order valence-electron chi connectivity index (χ1n) is 7.27. The van der Waals surface area contributed by atoms with Gasteiger partial charge in [-0.05, 0) is 33.9 Å². The van der Waals surface area contributed by atoms with Gasteiger partial charge in [-0.25, -0.2) is 17.9 Å². The van der Waals surface area contributed by atoms with Crippen LogP contribution < -0.4 is 10.0 Å². The van der Waals surface area contributed by atoms with E-state index >= 15 is 0 Å². The summed E-state index contributed by atoms with van der Waals surface area (Å²) < 4.78 is 31.9. The molecule has 1 atom stereocenters. The minimum absolute atomic E-state index is 0. The van der Waals surface area contributed by atoms with Crippen LogP contribution in [0.3, 0.4) is 0 Å². The smallest absolute Gasteiger partial charge is 0.338 e. The third-order valence-corrected chi connectivity index (χ3v) is 4.83. The largest absolute Gasteiger partial charge is 0.462 e. The summed E-state index contributed by atoms with van der Waals surface area (Å²) in [5.41, 5.74) is -0.545. The van der Waals surface area contributed by atoms with Gasteiger partial charge in [0.15, 0.2) is 0 Å². The zero-order valence-electron chi connectivity index (χ0n) is 14.4. The number of esters is 1. The molecule has 0 fully saturated rings. The van der Waals surface area contributed by atoms with Gasteiger partial charge in [0, 0.05) is 24.2 Å². The van der Waals surface area contributed by atoms with Crippen molar-refractivity contribution >= 4 is 34.1 Å². The van der Waals surface area contributed by atoms with Crippen molar-refractivity contribution in [3.8, 4) is 0 Å². The molecule has 1 aromatic rings. The molecule has 1 unspecified atom stereocenters. The fraction of sp³-hybridized carbons (Fsp3) is 0.500.